The zero-order valence-corrected chi connectivity index (χ0v) is 59.0. The molecular formula is C74H96Br4N4O6. The largest absolute Gasteiger partial charge is 0.462 e. The maximum absolute atomic E-state index is 8.75. The molecule has 0 aromatic heterocycles. The van der Waals surface area contributed by atoms with Gasteiger partial charge < -0.3 is 39.9 Å². The van der Waals surface area contributed by atoms with Crippen LogP contribution in [0.2, 0.25) is 0 Å². The number of allylic oxidation sites excluding steroid dienone is 2. The summed E-state index contributed by atoms with van der Waals surface area (Å²) in [6.45, 7) is 4.84. The monoisotopic (exact) mass is 1460 g/mol. The van der Waals surface area contributed by atoms with Crippen molar-refractivity contribution in [3.63, 3.8) is 0 Å². The van der Waals surface area contributed by atoms with Gasteiger partial charge >= 0.3 is 0 Å². The predicted octanol–water partition coefficient (Wildman–Crippen LogP) is 18.0. The number of nitrogens with two attached hydrogens (primary N) is 2. The third kappa shape index (κ3) is 11.7. The van der Waals surface area contributed by atoms with Gasteiger partial charge in [-0.2, -0.15) is 0 Å². The summed E-state index contributed by atoms with van der Waals surface area (Å²) in [6, 6.07) is 24.7. The standard InChI is InChI=1S/2C19H25BrN2O2.2C18H23BrO/c2*1-3-12-9-18(7-6-16(12)23-2)10-13-4-5-14(20)8-15(13)19(18)11-24-17(21)22-19;2*1-4-13-10-18(8-7-17(13)20-3)11-14-5-6-15(19)9-16(14)12(18)2/h2*4-5,8,12,16H,3,6-7,9-11H2,1-2H3,(H2,21,22);2*5-6,9,13,17H,2,4,7-8,10-11H2,1,3H3/t12-,16-,18-,19+;12-,16-,18-,19-;2*13-,17-,18-/m1010/s1/i2*11D2;2*2D2. The van der Waals surface area contributed by atoms with Crippen molar-refractivity contribution in [3.8, 4) is 0 Å². The molecule has 14 heteroatoms. The van der Waals surface area contributed by atoms with E-state index in [1.165, 1.54) is 11.1 Å². The van der Waals surface area contributed by atoms with Gasteiger partial charge in [0.05, 0.1) is 35.4 Å². The van der Waals surface area contributed by atoms with E-state index in [9.17, 15) is 0 Å². The predicted molar refractivity (Wildman–Crippen MR) is 371 cm³/mol. The van der Waals surface area contributed by atoms with Gasteiger partial charge in [-0.25, -0.2) is 9.98 Å². The van der Waals surface area contributed by atoms with E-state index in [-0.39, 0.29) is 59.0 Å². The Hall–Kier alpha value is -3.34. The maximum Gasteiger partial charge on any atom is 0.283 e. The van der Waals surface area contributed by atoms with Gasteiger partial charge in [0.25, 0.3) is 12.0 Å². The quantitative estimate of drug-likeness (QED) is 0.178. The average Bonchev–Trinajstić information content (AvgIpc) is 1.52. The molecule has 14 rings (SSSR count). The Bertz CT molecular complexity index is 3470. The van der Waals surface area contributed by atoms with Crippen LogP contribution in [-0.4, -0.2) is 78.0 Å². The van der Waals surface area contributed by atoms with Gasteiger partial charge in [0.2, 0.25) is 0 Å². The summed E-state index contributed by atoms with van der Waals surface area (Å²) < 4.78 is 105. The van der Waals surface area contributed by atoms with E-state index in [2.05, 4.69) is 150 Å². The van der Waals surface area contributed by atoms with Crippen molar-refractivity contribution in [1.82, 2.24) is 0 Å². The fourth-order valence-corrected chi connectivity index (χ4v) is 20.0. The van der Waals surface area contributed by atoms with Crippen molar-refractivity contribution < 1.29 is 39.4 Å². The lowest BCUT2D eigenvalue weighted by Crippen LogP contribution is -2.49. The van der Waals surface area contributed by atoms with E-state index < -0.39 is 24.2 Å². The Balaban J connectivity index is 0.000000130. The Morgan fingerprint density at radius 2 is 0.818 bits per heavy atom. The lowest BCUT2D eigenvalue weighted by Gasteiger charge is -2.48. The van der Waals surface area contributed by atoms with Crippen LogP contribution in [0.15, 0.2) is 114 Å². The molecule has 2 aliphatic heterocycles. The average molecular weight is 1470 g/mol. The van der Waals surface area contributed by atoms with E-state index in [4.69, 9.17) is 50.9 Å². The molecule has 476 valence electrons. The lowest BCUT2D eigenvalue weighted by atomic mass is 9.59. The van der Waals surface area contributed by atoms with Crippen LogP contribution in [0.4, 0.5) is 0 Å². The molecule has 0 saturated heterocycles. The van der Waals surface area contributed by atoms with E-state index in [1.807, 2.05) is 38.5 Å². The fourth-order valence-electron chi connectivity index (χ4n) is 18.5. The molecule has 0 bridgehead atoms. The van der Waals surface area contributed by atoms with Crippen LogP contribution in [0, 0.1) is 45.3 Å². The van der Waals surface area contributed by atoms with Crippen molar-refractivity contribution in [2.24, 2.45) is 66.8 Å². The first kappa shape index (κ1) is 56.2. The van der Waals surface area contributed by atoms with Crippen LogP contribution in [0.25, 0.3) is 11.1 Å². The second-order valence-corrected chi connectivity index (χ2v) is 30.9. The van der Waals surface area contributed by atoms with Gasteiger partial charge in [0.1, 0.15) is 24.2 Å². The van der Waals surface area contributed by atoms with Crippen LogP contribution >= 0.6 is 63.7 Å². The lowest BCUT2D eigenvalue weighted by molar-refractivity contribution is -0.0514. The summed E-state index contributed by atoms with van der Waals surface area (Å²) in [6.07, 6.45) is 20.2. The van der Waals surface area contributed by atoms with Crippen LogP contribution < -0.4 is 11.5 Å². The minimum Gasteiger partial charge on any atom is -0.462 e. The third-order valence-corrected chi connectivity index (χ3v) is 25.1. The molecule has 10 nitrogen and oxygen atoms in total. The number of nitrogens with zero attached hydrogens (tertiary/aromatic N) is 2. The van der Waals surface area contributed by atoms with Gasteiger partial charge in [-0.1, -0.05) is 154 Å². The Labute approximate surface area is 570 Å². The van der Waals surface area contributed by atoms with Gasteiger partial charge in [-0.3, -0.25) is 0 Å². The first-order valence-electron chi connectivity index (χ1n) is 36.3. The number of hydrogen-bond donors (Lipinski definition) is 2. The SMILES string of the molecule is [2H]C([2H])=C1c2cc(Br)ccc2C[C@@]12CC[C@H](OC)[C@@H](CC)C2.[2H]C([2H])=C1c2cc(Br)ccc2C[C@]12CC[C@@H](OC)[C@H](CC)C2.[2H]C1([2H])OC(N)=N[C@]12c1cc(Br)ccc1C[C@@]21CC[C@H](OC)[C@@H](CC)C1.[2H]C1([2H])OC(N)=N[C@]12c1cc(Br)ccc1C[C@]21CC[C@@H](OC)[C@H](CC)C1. The van der Waals surface area contributed by atoms with Gasteiger partial charge in [0, 0.05) is 57.2 Å². The highest BCUT2D eigenvalue weighted by atomic mass is 79.9. The normalized spacial score (nSPS) is 37.7. The van der Waals surface area contributed by atoms with E-state index in [1.54, 1.807) is 14.2 Å². The number of methoxy groups -OCH3 is 4. The zero-order chi connectivity index (χ0) is 69.3. The highest BCUT2D eigenvalue weighted by Crippen LogP contribution is 2.65. The Morgan fingerprint density at radius 3 is 1.14 bits per heavy atom. The first-order chi connectivity index (χ1) is 45.6. The van der Waals surface area contributed by atoms with Crippen LogP contribution in [0.5, 0.6) is 0 Å². The Kier molecular flexibility index (Phi) is 17.0. The topological polar surface area (TPSA) is 132 Å². The molecule has 0 amide bonds. The number of hydrogen-bond acceptors (Lipinski definition) is 10. The second-order valence-electron chi connectivity index (χ2n) is 27.3. The van der Waals surface area contributed by atoms with Crippen molar-refractivity contribution in [2.75, 3.05) is 41.6 Å². The molecule has 14 atom stereocenters. The molecular weight excluding hydrogens is 1360 g/mol. The summed E-state index contributed by atoms with van der Waals surface area (Å²) >= 11 is 14.2. The van der Waals surface area contributed by atoms with Crippen molar-refractivity contribution in [1.29, 1.82) is 0 Å². The van der Waals surface area contributed by atoms with E-state index >= 15 is 0 Å². The minimum absolute atomic E-state index is 0.0115. The summed E-state index contributed by atoms with van der Waals surface area (Å²) in [7, 11) is 7.16. The number of benzene rings is 4. The number of fused-ring (bicyclic) bond motifs is 8. The van der Waals surface area contributed by atoms with Gasteiger partial charge in [-0.15, -0.1) is 0 Å². The Morgan fingerprint density at radius 1 is 0.489 bits per heavy atom. The zero-order valence-electron chi connectivity index (χ0n) is 60.7. The summed E-state index contributed by atoms with van der Waals surface area (Å²) in [5.41, 5.74) is 19.7. The molecule has 4 aromatic carbocycles. The first-order valence-corrected chi connectivity index (χ1v) is 35.5. The number of ether oxygens (including phenoxy) is 6. The summed E-state index contributed by atoms with van der Waals surface area (Å²) in [5, 5.41) is 0. The number of amidine groups is 2. The molecule has 88 heavy (non-hydrogen) atoms. The highest BCUT2D eigenvalue weighted by molar-refractivity contribution is 9.11. The van der Waals surface area contributed by atoms with Crippen LogP contribution in [0.3, 0.4) is 0 Å². The molecule has 0 unspecified atom stereocenters. The molecule has 2 heterocycles. The smallest absolute Gasteiger partial charge is 0.283 e. The van der Waals surface area contributed by atoms with Crippen LogP contribution in [0.1, 0.15) is 186 Å². The van der Waals surface area contributed by atoms with Gasteiger partial charge in [0.15, 0.2) is 0 Å². The molecule has 4 aromatic rings. The molecule has 10 aliphatic rings. The van der Waals surface area contributed by atoms with Crippen molar-refractivity contribution in [3.05, 3.63) is 148 Å². The van der Waals surface area contributed by atoms with Crippen LogP contribution in [-0.2, 0) is 65.2 Å². The molecule has 6 spiro atoms. The van der Waals surface area contributed by atoms with Crippen molar-refractivity contribution >= 4 is 86.9 Å². The van der Waals surface area contributed by atoms with Gasteiger partial charge in [-0.05, 0) is 241 Å². The minimum atomic E-state index is -1.97. The highest BCUT2D eigenvalue weighted by Gasteiger charge is 2.64. The second kappa shape index (κ2) is 26.6. The molecule has 0 radical (unpaired) electrons. The van der Waals surface area contributed by atoms with E-state index in [0.29, 0.717) is 35.9 Å². The third-order valence-electron chi connectivity index (χ3n) is 23.1. The molecule has 4 N–H and O–H groups in total. The number of rotatable bonds is 8. The summed E-state index contributed by atoms with van der Waals surface area (Å²) in [5.74, 6) is 1.78. The number of halogens is 4. The maximum atomic E-state index is 8.75. The molecule has 8 aliphatic carbocycles. The molecule has 4 saturated carbocycles. The van der Waals surface area contributed by atoms with Crippen molar-refractivity contribution in [2.45, 2.75) is 192 Å². The summed E-state index contributed by atoms with van der Waals surface area (Å²) in [4.78, 5) is 9.37. The fraction of sp³-hybridized carbons (Fsp3) is 0.595. The molecule has 4 fully saturated rings. The number of aliphatic imine (C=N–C) groups is 2. The van der Waals surface area contributed by atoms with E-state index in [0.717, 1.165) is 191 Å².